The molecule has 0 unspecified atom stereocenters. The third-order valence-corrected chi connectivity index (χ3v) is 5.79. The Morgan fingerprint density at radius 2 is 1.77 bits per heavy atom. The molecule has 2 atom stereocenters. The summed E-state index contributed by atoms with van der Waals surface area (Å²) in [6.07, 6.45) is 3.69. The molecule has 2 fully saturated rings. The molecule has 0 radical (unpaired) electrons. The maximum atomic E-state index is 12.1. The first-order chi connectivity index (χ1) is 12.7. The summed E-state index contributed by atoms with van der Waals surface area (Å²) in [6, 6.07) is 17.3. The molecule has 136 valence electrons. The van der Waals surface area contributed by atoms with Gasteiger partial charge in [-0.1, -0.05) is 55.5 Å². The highest BCUT2D eigenvalue weighted by molar-refractivity contribution is 5.81. The maximum Gasteiger partial charge on any atom is 0.223 e. The lowest BCUT2D eigenvalue weighted by atomic mass is 9.98. The van der Waals surface area contributed by atoms with Gasteiger partial charge in [-0.15, -0.1) is 0 Å². The lowest BCUT2D eigenvalue weighted by Crippen LogP contribution is -2.25. The van der Waals surface area contributed by atoms with Crippen molar-refractivity contribution < 1.29 is 4.79 Å². The van der Waals surface area contributed by atoms with Crippen LogP contribution < -0.4 is 5.32 Å². The molecule has 2 aliphatic rings. The minimum absolute atomic E-state index is 0.202. The number of carbonyl (C=O) groups excluding carboxylic acids is 1. The zero-order valence-corrected chi connectivity index (χ0v) is 15.6. The van der Waals surface area contributed by atoms with E-state index in [0.29, 0.717) is 12.5 Å². The van der Waals surface area contributed by atoms with Gasteiger partial charge in [0.25, 0.3) is 0 Å². The van der Waals surface area contributed by atoms with Gasteiger partial charge in [0.2, 0.25) is 5.91 Å². The smallest absolute Gasteiger partial charge is 0.223 e. The average Bonchev–Trinajstić information content (AvgIpc) is 3.18. The molecule has 1 saturated heterocycles. The summed E-state index contributed by atoms with van der Waals surface area (Å²) in [5.41, 5.74) is 5.00. The van der Waals surface area contributed by atoms with Crippen molar-refractivity contribution in [2.45, 2.75) is 39.3 Å². The first-order valence-corrected chi connectivity index (χ1v) is 9.88. The van der Waals surface area contributed by atoms with Gasteiger partial charge in [-0.05, 0) is 60.5 Å². The average molecular weight is 348 g/mol. The Hall–Kier alpha value is -2.13. The first-order valence-electron chi connectivity index (χ1n) is 9.88. The van der Waals surface area contributed by atoms with E-state index < -0.39 is 0 Å². The summed E-state index contributed by atoms with van der Waals surface area (Å²) in [4.78, 5) is 14.7. The number of amides is 1. The number of benzene rings is 2. The molecule has 3 heteroatoms. The first kappa shape index (κ1) is 17.3. The molecule has 1 aliphatic heterocycles. The molecule has 1 aliphatic carbocycles. The Morgan fingerprint density at radius 1 is 1.08 bits per heavy atom. The molecule has 0 spiro atoms. The quantitative estimate of drug-likeness (QED) is 0.848. The Kier molecular flexibility index (Phi) is 5.07. The van der Waals surface area contributed by atoms with E-state index in [1.165, 1.54) is 48.2 Å². The van der Waals surface area contributed by atoms with E-state index in [1.54, 1.807) is 0 Å². The number of nitrogens with one attached hydrogen (secondary N) is 1. The minimum Gasteiger partial charge on any atom is -0.352 e. The van der Waals surface area contributed by atoms with Crippen LogP contribution in [0, 0.1) is 11.8 Å². The van der Waals surface area contributed by atoms with Crippen molar-refractivity contribution in [3.8, 4) is 11.1 Å². The highest BCUT2D eigenvalue weighted by atomic mass is 16.2. The molecule has 3 nitrogen and oxygen atoms in total. The van der Waals surface area contributed by atoms with Crippen molar-refractivity contribution in [2.24, 2.45) is 11.8 Å². The van der Waals surface area contributed by atoms with Crippen LogP contribution >= 0.6 is 0 Å². The van der Waals surface area contributed by atoms with Gasteiger partial charge in [0.05, 0.1) is 0 Å². The largest absolute Gasteiger partial charge is 0.352 e. The Morgan fingerprint density at radius 3 is 2.46 bits per heavy atom. The molecular formula is C23H28N2O. The second-order valence-corrected chi connectivity index (χ2v) is 7.87. The summed E-state index contributed by atoms with van der Waals surface area (Å²) >= 11 is 0. The fraction of sp³-hybridized carbons (Fsp3) is 0.435. The molecule has 1 saturated carbocycles. The zero-order chi connectivity index (χ0) is 17.9. The molecule has 2 aromatic rings. The molecule has 1 N–H and O–H groups in total. The molecule has 0 aromatic heterocycles. The van der Waals surface area contributed by atoms with Gasteiger partial charge in [0.1, 0.15) is 0 Å². The van der Waals surface area contributed by atoms with Crippen LogP contribution in [-0.2, 0) is 17.9 Å². The molecule has 26 heavy (non-hydrogen) atoms. The number of hydrogen-bond donors (Lipinski definition) is 1. The summed E-state index contributed by atoms with van der Waals surface area (Å²) < 4.78 is 0. The van der Waals surface area contributed by atoms with Crippen molar-refractivity contribution >= 4 is 5.91 Å². The number of hydrogen-bond acceptors (Lipinski definition) is 2. The van der Waals surface area contributed by atoms with Gasteiger partial charge >= 0.3 is 0 Å². The summed E-state index contributed by atoms with van der Waals surface area (Å²) in [7, 11) is 0. The minimum atomic E-state index is 0.202. The van der Waals surface area contributed by atoms with Gasteiger partial charge in [-0.3, -0.25) is 9.69 Å². The van der Waals surface area contributed by atoms with Crippen molar-refractivity contribution in [1.29, 1.82) is 0 Å². The van der Waals surface area contributed by atoms with Crippen molar-refractivity contribution in [3.05, 3.63) is 59.7 Å². The highest BCUT2D eigenvalue weighted by Crippen LogP contribution is 2.37. The lowest BCUT2D eigenvalue weighted by molar-refractivity contribution is -0.122. The van der Waals surface area contributed by atoms with Gasteiger partial charge < -0.3 is 5.32 Å². The van der Waals surface area contributed by atoms with Crippen molar-refractivity contribution in [3.63, 3.8) is 0 Å². The fourth-order valence-electron chi connectivity index (χ4n) is 3.95. The SMILES string of the molecule is C[C@H]1C[C@H]1C(=O)NCc1ccccc1-c1ccc(CN2CCCC2)cc1. The number of rotatable bonds is 6. The van der Waals surface area contributed by atoms with Crippen molar-refractivity contribution in [1.82, 2.24) is 10.2 Å². The van der Waals surface area contributed by atoms with Gasteiger partial charge in [-0.2, -0.15) is 0 Å². The van der Waals surface area contributed by atoms with E-state index in [-0.39, 0.29) is 11.8 Å². The van der Waals surface area contributed by atoms with E-state index in [0.717, 1.165) is 13.0 Å². The van der Waals surface area contributed by atoms with Gasteiger partial charge in [0, 0.05) is 19.0 Å². The van der Waals surface area contributed by atoms with Gasteiger partial charge in [-0.25, -0.2) is 0 Å². The molecule has 1 heterocycles. The predicted molar refractivity (Wildman–Crippen MR) is 106 cm³/mol. The van der Waals surface area contributed by atoms with E-state index in [2.05, 4.69) is 59.6 Å². The van der Waals surface area contributed by atoms with Crippen LogP contribution in [0.4, 0.5) is 0 Å². The molecule has 1 amide bonds. The Bertz CT molecular complexity index is 762. The van der Waals surface area contributed by atoms with Gasteiger partial charge in [0.15, 0.2) is 0 Å². The van der Waals surface area contributed by atoms with E-state index >= 15 is 0 Å². The van der Waals surface area contributed by atoms with Crippen LogP contribution in [-0.4, -0.2) is 23.9 Å². The molecule has 2 aromatic carbocycles. The second-order valence-electron chi connectivity index (χ2n) is 7.87. The maximum absolute atomic E-state index is 12.1. The second kappa shape index (κ2) is 7.63. The lowest BCUT2D eigenvalue weighted by Gasteiger charge is -2.15. The molecule has 4 rings (SSSR count). The van der Waals surface area contributed by atoms with Crippen LogP contribution in [0.3, 0.4) is 0 Å². The topological polar surface area (TPSA) is 32.3 Å². The summed E-state index contributed by atoms with van der Waals surface area (Å²) in [5, 5.41) is 3.12. The predicted octanol–water partition coefficient (Wildman–Crippen LogP) is 4.22. The molecular weight excluding hydrogens is 320 g/mol. The van der Waals surface area contributed by atoms with Crippen molar-refractivity contribution in [2.75, 3.05) is 13.1 Å². The van der Waals surface area contributed by atoms with E-state index in [4.69, 9.17) is 0 Å². The van der Waals surface area contributed by atoms with E-state index in [1.807, 2.05) is 6.07 Å². The molecule has 0 bridgehead atoms. The summed E-state index contributed by atoms with van der Waals surface area (Å²) in [6.45, 7) is 6.25. The Balaban J connectivity index is 1.44. The van der Waals surface area contributed by atoms with Crippen LogP contribution in [0.25, 0.3) is 11.1 Å². The Labute approximate surface area is 156 Å². The van der Waals surface area contributed by atoms with Crippen LogP contribution in [0.5, 0.6) is 0 Å². The number of likely N-dealkylation sites (tertiary alicyclic amines) is 1. The third kappa shape index (κ3) is 3.99. The monoisotopic (exact) mass is 348 g/mol. The fourth-order valence-corrected chi connectivity index (χ4v) is 3.95. The number of carbonyl (C=O) groups is 1. The van der Waals surface area contributed by atoms with Crippen LogP contribution in [0.2, 0.25) is 0 Å². The summed E-state index contributed by atoms with van der Waals surface area (Å²) in [5.74, 6) is 0.980. The van der Waals surface area contributed by atoms with E-state index in [9.17, 15) is 4.79 Å². The standard InChI is InChI=1S/C23H28N2O/c1-17-14-22(17)23(26)24-15-20-6-2-3-7-21(20)19-10-8-18(9-11-19)16-25-12-4-5-13-25/h2-3,6-11,17,22H,4-5,12-16H2,1H3,(H,24,26)/t17-,22+/m0/s1. The highest BCUT2D eigenvalue weighted by Gasteiger charge is 2.38. The normalized spacial score (nSPS) is 22.3. The van der Waals surface area contributed by atoms with Crippen LogP contribution in [0.15, 0.2) is 48.5 Å². The third-order valence-electron chi connectivity index (χ3n) is 5.79. The zero-order valence-electron chi connectivity index (χ0n) is 15.6. The number of nitrogens with zero attached hydrogens (tertiary/aromatic N) is 1. The van der Waals surface area contributed by atoms with Crippen LogP contribution in [0.1, 0.15) is 37.3 Å².